The maximum Gasteiger partial charge on any atom is 0.358 e. The van der Waals surface area contributed by atoms with Crippen LogP contribution >= 0.6 is 11.3 Å². The minimum atomic E-state index is -0.556. The first-order chi connectivity index (χ1) is 10.0. The number of carbonyl (C=O) groups is 2. The van der Waals surface area contributed by atoms with Crippen molar-refractivity contribution in [2.75, 3.05) is 12.4 Å². The van der Waals surface area contributed by atoms with Crippen LogP contribution < -0.4 is 5.32 Å². The molecule has 0 radical (unpaired) electrons. The fourth-order valence-corrected chi connectivity index (χ4v) is 3.75. The van der Waals surface area contributed by atoms with E-state index in [4.69, 9.17) is 4.74 Å². The van der Waals surface area contributed by atoms with E-state index in [-0.39, 0.29) is 11.5 Å². The highest BCUT2D eigenvalue weighted by molar-refractivity contribution is 7.17. The molecule has 1 N–H and O–H groups in total. The van der Waals surface area contributed by atoms with Gasteiger partial charge in [-0.05, 0) is 18.8 Å². The van der Waals surface area contributed by atoms with E-state index >= 15 is 0 Å². The predicted molar refractivity (Wildman–Crippen MR) is 83.1 cm³/mol. The Morgan fingerprint density at radius 2 is 2.19 bits per heavy atom. The van der Waals surface area contributed by atoms with Gasteiger partial charge in [-0.1, -0.05) is 37.5 Å². The molecule has 116 valence electrons. The van der Waals surface area contributed by atoms with Gasteiger partial charge in [0, 0.05) is 13.0 Å². The number of methoxy groups -OCH3 is 1. The van der Waals surface area contributed by atoms with Crippen LogP contribution in [0.1, 0.15) is 66.1 Å². The van der Waals surface area contributed by atoms with E-state index in [1.165, 1.54) is 44.6 Å². The summed E-state index contributed by atoms with van der Waals surface area (Å²) in [6.45, 7) is 3.66. The van der Waals surface area contributed by atoms with Crippen molar-refractivity contribution in [2.24, 2.45) is 5.92 Å². The SMILES string of the molecule is CCC1CCCC(Nc2nc(C(=O)OC)c(C(C)=O)s2)C1. The fraction of sp³-hybridized carbons (Fsp3) is 0.667. The summed E-state index contributed by atoms with van der Waals surface area (Å²) >= 11 is 1.24. The summed E-state index contributed by atoms with van der Waals surface area (Å²) in [5.74, 6) is 0.0409. The van der Waals surface area contributed by atoms with Crippen molar-refractivity contribution in [2.45, 2.75) is 52.0 Å². The van der Waals surface area contributed by atoms with Gasteiger partial charge in [-0.3, -0.25) is 4.79 Å². The lowest BCUT2D eigenvalue weighted by Gasteiger charge is -2.28. The molecule has 0 saturated heterocycles. The monoisotopic (exact) mass is 310 g/mol. The van der Waals surface area contributed by atoms with Crippen LogP contribution in [0.15, 0.2) is 0 Å². The van der Waals surface area contributed by atoms with Crippen LogP contribution in [-0.2, 0) is 4.74 Å². The van der Waals surface area contributed by atoms with Gasteiger partial charge in [-0.25, -0.2) is 9.78 Å². The zero-order valence-corrected chi connectivity index (χ0v) is 13.6. The smallest absolute Gasteiger partial charge is 0.358 e. The topological polar surface area (TPSA) is 68.3 Å². The summed E-state index contributed by atoms with van der Waals surface area (Å²) in [4.78, 5) is 27.9. The number of ether oxygens (including phenoxy) is 1. The fourth-order valence-electron chi connectivity index (χ4n) is 2.82. The maximum atomic E-state index is 11.7. The van der Waals surface area contributed by atoms with Crippen molar-refractivity contribution in [1.29, 1.82) is 0 Å². The number of anilines is 1. The summed E-state index contributed by atoms with van der Waals surface area (Å²) in [6, 6.07) is 0.375. The molecule has 1 fully saturated rings. The molecular weight excluding hydrogens is 288 g/mol. The number of hydrogen-bond acceptors (Lipinski definition) is 6. The quantitative estimate of drug-likeness (QED) is 0.666. The van der Waals surface area contributed by atoms with Gasteiger partial charge in [0.25, 0.3) is 0 Å². The lowest BCUT2D eigenvalue weighted by molar-refractivity contribution is 0.0591. The van der Waals surface area contributed by atoms with Crippen LogP contribution in [0.2, 0.25) is 0 Å². The van der Waals surface area contributed by atoms with Crippen molar-refractivity contribution in [3.8, 4) is 0 Å². The summed E-state index contributed by atoms with van der Waals surface area (Å²) in [5, 5.41) is 4.03. The molecule has 1 aromatic heterocycles. The van der Waals surface area contributed by atoms with E-state index in [1.807, 2.05) is 0 Å². The van der Waals surface area contributed by atoms with Gasteiger partial charge in [-0.2, -0.15) is 0 Å². The number of ketones is 1. The molecule has 2 rings (SSSR count). The second kappa shape index (κ2) is 7.02. The van der Waals surface area contributed by atoms with Gasteiger partial charge in [0.1, 0.15) is 4.88 Å². The summed E-state index contributed by atoms with van der Waals surface area (Å²) in [5.41, 5.74) is 0.125. The second-order valence-corrected chi connectivity index (χ2v) is 6.53. The van der Waals surface area contributed by atoms with Crippen LogP contribution in [0.5, 0.6) is 0 Å². The van der Waals surface area contributed by atoms with Crippen molar-refractivity contribution in [3.05, 3.63) is 10.6 Å². The Kier molecular flexibility index (Phi) is 5.33. The van der Waals surface area contributed by atoms with Crippen LogP contribution in [0, 0.1) is 5.92 Å². The minimum Gasteiger partial charge on any atom is -0.464 e. The van der Waals surface area contributed by atoms with E-state index in [0.717, 1.165) is 18.8 Å². The Bertz CT molecular complexity index is 527. The van der Waals surface area contributed by atoms with Crippen LogP contribution in [0.25, 0.3) is 0 Å². The first-order valence-corrected chi connectivity index (χ1v) is 8.23. The van der Waals surface area contributed by atoms with E-state index in [9.17, 15) is 9.59 Å². The molecule has 5 nitrogen and oxygen atoms in total. The molecule has 1 aliphatic rings. The molecule has 1 saturated carbocycles. The minimum absolute atomic E-state index is 0.125. The summed E-state index contributed by atoms with van der Waals surface area (Å²) in [7, 11) is 1.30. The second-order valence-electron chi connectivity index (χ2n) is 5.53. The number of thiazole rings is 1. The standard InChI is InChI=1S/C15H22N2O3S/c1-4-10-6-5-7-11(8-10)16-15-17-12(14(19)20-3)13(21-15)9(2)18/h10-11H,4-8H2,1-3H3,(H,16,17). The average Bonchev–Trinajstić information content (AvgIpc) is 2.90. The lowest BCUT2D eigenvalue weighted by atomic mass is 9.84. The first-order valence-electron chi connectivity index (χ1n) is 7.41. The molecule has 1 heterocycles. The molecule has 0 aliphatic heterocycles. The number of Topliss-reactive ketones (excluding diaryl/α,β-unsaturated/α-hetero) is 1. The molecule has 0 amide bonds. The highest BCUT2D eigenvalue weighted by Crippen LogP contribution is 2.31. The number of carbonyl (C=O) groups excluding carboxylic acids is 2. The molecule has 0 bridgehead atoms. The van der Waals surface area contributed by atoms with Gasteiger partial charge in [0.15, 0.2) is 16.6 Å². The molecule has 1 aliphatic carbocycles. The Morgan fingerprint density at radius 1 is 1.43 bits per heavy atom. The Labute approximate surface area is 129 Å². The largest absolute Gasteiger partial charge is 0.464 e. The molecular formula is C15H22N2O3S. The number of rotatable bonds is 5. The Balaban J connectivity index is 2.13. The van der Waals surface area contributed by atoms with E-state index in [0.29, 0.717) is 16.1 Å². The van der Waals surface area contributed by atoms with Gasteiger partial charge >= 0.3 is 5.97 Å². The maximum absolute atomic E-state index is 11.7. The third-order valence-electron chi connectivity index (χ3n) is 4.01. The predicted octanol–water partition coefficient (Wildman–Crippen LogP) is 3.51. The van der Waals surface area contributed by atoms with Crippen LogP contribution in [0.4, 0.5) is 5.13 Å². The third-order valence-corrected chi connectivity index (χ3v) is 5.10. The van der Waals surface area contributed by atoms with E-state index in [1.54, 1.807) is 0 Å². The first kappa shape index (κ1) is 15.9. The lowest BCUT2D eigenvalue weighted by Crippen LogP contribution is -2.27. The number of aromatic nitrogens is 1. The molecule has 1 aromatic rings. The van der Waals surface area contributed by atoms with Crippen molar-refractivity contribution >= 4 is 28.2 Å². The molecule has 0 spiro atoms. The van der Waals surface area contributed by atoms with Crippen molar-refractivity contribution in [3.63, 3.8) is 0 Å². The summed E-state index contributed by atoms with van der Waals surface area (Å²) in [6.07, 6.45) is 5.93. The van der Waals surface area contributed by atoms with Crippen molar-refractivity contribution in [1.82, 2.24) is 4.98 Å². The number of nitrogens with one attached hydrogen (secondary N) is 1. The van der Waals surface area contributed by atoms with Gasteiger partial charge in [0.05, 0.1) is 7.11 Å². The molecule has 6 heteroatoms. The third kappa shape index (κ3) is 3.81. The number of nitrogens with zero attached hydrogens (tertiary/aromatic N) is 1. The van der Waals surface area contributed by atoms with E-state index < -0.39 is 5.97 Å². The summed E-state index contributed by atoms with van der Waals surface area (Å²) < 4.78 is 4.69. The number of esters is 1. The van der Waals surface area contributed by atoms with E-state index in [2.05, 4.69) is 17.2 Å². The molecule has 21 heavy (non-hydrogen) atoms. The molecule has 2 unspecified atom stereocenters. The highest BCUT2D eigenvalue weighted by atomic mass is 32.1. The zero-order chi connectivity index (χ0) is 15.4. The van der Waals surface area contributed by atoms with Crippen molar-refractivity contribution < 1.29 is 14.3 Å². The zero-order valence-electron chi connectivity index (χ0n) is 12.8. The Morgan fingerprint density at radius 3 is 2.81 bits per heavy atom. The Hall–Kier alpha value is -1.43. The van der Waals surface area contributed by atoms with Gasteiger partial charge in [-0.15, -0.1) is 0 Å². The van der Waals surface area contributed by atoms with Gasteiger partial charge < -0.3 is 10.1 Å². The molecule has 0 aromatic carbocycles. The average molecular weight is 310 g/mol. The van der Waals surface area contributed by atoms with Crippen LogP contribution in [-0.4, -0.2) is 29.9 Å². The molecule has 2 atom stereocenters. The number of hydrogen-bond donors (Lipinski definition) is 1. The van der Waals surface area contributed by atoms with Gasteiger partial charge in [0.2, 0.25) is 0 Å². The van der Waals surface area contributed by atoms with Crippen LogP contribution in [0.3, 0.4) is 0 Å². The highest BCUT2D eigenvalue weighted by Gasteiger charge is 2.25. The normalized spacial score (nSPS) is 21.9.